The lowest BCUT2D eigenvalue weighted by molar-refractivity contribution is 0.248. The van der Waals surface area contributed by atoms with Crippen LogP contribution in [0.25, 0.3) is 0 Å². The van der Waals surface area contributed by atoms with Gasteiger partial charge in [-0.3, -0.25) is 0 Å². The van der Waals surface area contributed by atoms with Crippen LogP contribution in [0.5, 0.6) is 0 Å². The lowest BCUT2D eigenvalue weighted by atomic mass is 10.1. The zero-order valence-electron chi connectivity index (χ0n) is 10.8. The zero-order chi connectivity index (χ0) is 13.1. The van der Waals surface area contributed by atoms with Crippen molar-refractivity contribution in [1.29, 1.82) is 5.26 Å². The van der Waals surface area contributed by atoms with Crippen molar-refractivity contribution in [3.8, 4) is 6.07 Å². The molecule has 1 aliphatic heterocycles. The third-order valence-corrected chi connectivity index (χ3v) is 5.26. The molecule has 2 atom stereocenters. The Kier molecular flexibility index (Phi) is 4.92. The predicted octanol–water partition coefficient (Wildman–Crippen LogP) is 1.20. The normalized spacial score (nSPS) is 24.5. The largest absolute Gasteiger partial charge is 0.282 e. The number of hydrogen-bond donors (Lipinski definition) is 0. The molecule has 5 nitrogen and oxygen atoms in total. The highest BCUT2D eigenvalue weighted by molar-refractivity contribution is 7.86. The molecular weight excluding hydrogens is 238 g/mol. The van der Waals surface area contributed by atoms with E-state index in [2.05, 4.69) is 6.07 Å². The monoisotopic (exact) mass is 259 g/mol. The fourth-order valence-electron chi connectivity index (χ4n) is 2.11. The summed E-state index contributed by atoms with van der Waals surface area (Å²) in [7, 11) is -1.85. The van der Waals surface area contributed by atoms with Crippen molar-refractivity contribution in [1.82, 2.24) is 8.61 Å². The fourth-order valence-corrected chi connectivity index (χ4v) is 3.80. The van der Waals surface area contributed by atoms with E-state index < -0.39 is 10.2 Å². The van der Waals surface area contributed by atoms with E-state index in [1.807, 2.05) is 6.92 Å². The van der Waals surface area contributed by atoms with Crippen molar-refractivity contribution < 1.29 is 8.42 Å². The predicted molar refractivity (Wildman–Crippen MR) is 66.3 cm³/mol. The molecule has 17 heavy (non-hydrogen) atoms. The molecule has 0 aromatic heterocycles. The smallest absolute Gasteiger partial charge is 0.198 e. The van der Waals surface area contributed by atoms with Crippen LogP contribution in [0.2, 0.25) is 0 Å². The van der Waals surface area contributed by atoms with Crippen molar-refractivity contribution in [2.24, 2.45) is 5.92 Å². The van der Waals surface area contributed by atoms with Gasteiger partial charge in [-0.05, 0) is 26.7 Å². The van der Waals surface area contributed by atoms with Gasteiger partial charge in [0.1, 0.15) is 0 Å². The molecule has 98 valence electrons. The van der Waals surface area contributed by atoms with Crippen molar-refractivity contribution in [2.45, 2.75) is 39.2 Å². The molecule has 0 N–H and O–H groups in total. The standard InChI is InChI=1S/C11H21N3O2S/c1-10(8-12)9-13(3)17(15,16)14-7-5-4-6-11(14)2/h10-11H,4-7,9H2,1-3H3/t10-,11+/m1/s1. The maximum absolute atomic E-state index is 12.3. The van der Waals surface area contributed by atoms with Crippen molar-refractivity contribution >= 4 is 10.2 Å². The summed E-state index contributed by atoms with van der Waals surface area (Å²) in [5.74, 6) is -0.283. The Morgan fingerprint density at radius 3 is 2.71 bits per heavy atom. The molecule has 0 radical (unpaired) electrons. The van der Waals surface area contributed by atoms with Crippen LogP contribution in [0, 0.1) is 17.2 Å². The molecule has 0 bridgehead atoms. The molecule has 0 aromatic carbocycles. The summed E-state index contributed by atoms with van der Waals surface area (Å²) in [6, 6.07) is 2.12. The lowest BCUT2D eigenvalue weighted by Gasteiger charge is -2.35. The van der Waals surface area contributed by atoms with Gasteiger partial charge in [0.15, 0.2) is 0 Å². The summed E-state index contributed by atoms with van der Waals surface area (Å²) < 4.78 is 27.4. The van der Waals surface area contributed by atoms with Crippen LogP contribution in [0.1, 0.15) is 33.1 Å². The molecule has 0 aromatic rings. The maximum Gasteiger partial charge on any atom is 0.282 e. The van der Waals surface area contributed by atoms with Gasteiger partial charge in [0, 0.05) is 26.2 Å². The second-order valence-corrected chi connectivity index (χ2v) is 6.76. The Morgan fingerprint density at radius 1 is 1.53 bits per heavy atom. The van der Waals surface area contributed by atoms with Gasteiger partial charge in [-0.15, -0.1) is 0 Å². The zero-order valence-corrected chi connectivity index (χ0v) is 11.6. The Morgan fingerprint density at radius 2 is 2.18 bits per heavy atom. The molecule has 0 aliphatic carbocycles. The van der Waals surface area contributed by atoms with Crippen molar-refractivity contribution in [2.75, 3.05) is 20.1 Å². The average Bonchev–Trinajstić information content (AvgIpc) is 2.29. The molecule has 0 unspecified atom stereocenters. The van der Waals surface area contributed by atoms with E-state index in [4.69, 9.17) is 5.26 Å². The number of nitriles is 1. The van der Waals surface area contributed by atoms with E-state index in [9.17, 15) is 8.42 Å². The first-order valence-corrected chi connectivity index (χ1v) is 7.42. The number of piperidine rings is 1. The summed E-state index contributed by atoms with van der Waals surface area (Å²) in [4.78, 5) is 0. The van der Waals surface area contributed by atoms with E-state index in [-0.39, 0.29) is 18.5 Å². The topological polar surface area (TPSA) is 64.4 Å². The van der Waals surface area contributed by atoms with Gasteiger partial charge in [-0.25, -0.2) is 0 Å². The Bertz CT molecular complexity index is 388. The van der Waals surface area contributed by atoms with Gasteiger partial charge in [-0.1, -0.05) is 6.42 Å². The van der Waals surface area contributed by atoms with Gasteiger partial charge in [0.05, 0.1) is 12.0 Å². The van der Waals surface area contributed by atoms with E-state index in [1.54, 1.807) is 18.3 Å². The van der Waals surface area contributed by atoms with Crippen LogP contribution >= 0.6 is 0 Å². The van der Waals surface area contributed by atoms with Crippen LogP contribution in [-0.4, -0.2) is 43.2 Å². The van der Waals surface area contributed by atoms with Crippen LogP contribution in [0.3, 0.4) is 0 Å². The first-order valence-electron chi connectivity index (χ1n) is 6.02. The van der Waals surface area contributed by atoms with Crippen molar-refractivity contribution in [3.63, 3.8) is 0 Å². The minimum atomic E-state index is -3.40. The van der Waals surface area contributed by atoms with E-state index in [0.29, 0.717) is 6.54 Å². The third-order valence-electron chi connectivity index (χ3n) is 3.18. The minimum Gasteiger partial charge on any atom is -0.198 e. The van der Waals surface area contributed by atoms with Gasteiger partial charge in [-0.2, -0.15) is 22.3 Å². The summed E-state index contributed by atoms with van der Waals surface area (Å²) in [5.41, 5.74) is 0. The number of nitrogens with zero attached hydrogens (tertiary/aromatic N) is 3. The summed E-state index contributed by atoms with van der Waals surface area (Å²) in [5, 5.41) is 8.73. The minimum absolute atomic E-state index is 0.0635. The number of rotatable bonds is 4. The first-order chi connectivity index (χ1) is 7.89. The van der Waals surface area contributed by atoms with Gasteiger partial charge in [0.25, 0.3) is 10.2 Å². The van der Waals surface area contributed by atoms with E-state index in [0.717, 1.165) is 19.3 Å². The van der Waals surface area contributed by atoms with E-state index >= 15 is 0 Å². The third kappa shape index (κ3) is 3.41. The molecule has 0 amide bonds. The van der Waals surface area contributed by atoms with Gasteiger partial charge >= 0.3 is 0 Å². The highest BCUT2D eigenvalue weighted by Gasteiger charge is 2.33. The molecule has 0 saturated carbocycles. The molecular formula is C11H21N3O2S. The van der Waals surface area contributed by atoms with Gasteiger partial charge in [0.2, 0.25) is 0 Å². The molecule has 1 rings (SSSR count). The Labute approximate surface area is 104 Å². The summed E-state index contributed by atoms with van der Waals surface area (Å²) in [6.07, 6.45) is 2.93. The highest BCUT2D eigenvalue weighted by atomic mass is 32.2. The summed E-state index contributed by atoms with van der Waals surface area (Å²) >= 11 is 0. The fraction of sp³-hybridized carbons (Fsp3) is 0.909. The first kappa shape index (κ1) is 14.4. The lowest BCUT2D eigenvalue weighted by Crippen LogP contribution is -2.49. The molecule has 1 fully saturated rings. The maximum atomic E-state index is 12.3. The van der Waals surface area contributed by atoms with Crippen LogP contribution < -0.4 is 0 Å². The second-order valence-electron chi connectivity index (χ2n) is 4.77. The quantitative estimate of drug-likeness (QED) is 0.762. The van der Waals surface area contributed by atoms with Crippen molar-refractivity contribution in [3.05, 3.63) is 0 Å². The molecule has 0 spiro atoms. The summed E-state index contributed by atoms with van der Waals surface area (Å²) in [6.45, 7) is 4.51. The Hall–Kier alpha value is -0.640. The van der Waals surface area contributed by atoms with Gasteiger partial charge < -0.3 is 0 Å². The number of hydrogen-bond acceptors (Lipinski definition) is 3. The highest BCUT2D eigenvalue weighted by Crippen LogP contribution is 2.21. The SMILES string of the molecule is C[C@H](C#N)CN(C)S(=O)(=O)N1CCCC[C@@H]1C. The average molecular weight is 259 g/mol. The molecule has 1 saturated heterocycles. The van der Waals surface area contributed by atoms with Crippen LogP contribution in [0.15, 0.2) is 0 Å². The Balaban J connectivity index is 2.76. The molecule has 6 heteroatoms. The second kappa shape index (κ2) is 5.80. The van der Waals surface area contributed by atoms with Crippen LogP contribution in [-0.2, 0) is 10.2 Å². The molecule has 1 heterocycles. The van der Waals surface area contributed by atoms with E-state index in [1.165, 1.54) is 4.31 Å². The molecule has 1 aliphatic rings. The van der Waals surface area contributed by atoms with Crippen LogP contribution in [0.4, 0.5) is 0 Å².